The molecule has 2 rings (SSSR count). The number of nitrogens with zero attached hydrogens (tertiary/aromatic N) is 1. The first-order valence-electron chi connectivity index (χ1n) is 13.2. The van der Waals surface area contributed by atoms with Crippen molar-refractivity contribution in [2.45, 2.75) is 84.6 Å². The minimum Gasteiger partial charge on any atom is -0.457 e. The van der Waals surface area contributed by atoms with Gasteiger partial charge in [-0.15, -0.1) is 0 Å². The molecule has 0 heterocycles. The van der Waals surface area contributed by atoms with Crippen molar-refractivity contribution in [1.29, 1.82) is 0 Å². The Morgan fingerprint density at radius 1 is 0.732 bits per heavy atom. The van der Waals surface area contributed by atoms with Crippen molar-refractivity contribution in [2.24, 2.45) is 0 Å². The summed E-state index contributed by atoms with van der Waals surface area (Å²) < 4.78 is 37.7. The zero-order valence-corrected chi connectivity index (χ0v) is 24.4. The molecule has 0 aliphatic heterocycles. The first-order valence-corrected chi connectivity index (χ1v) is 13.2. The van der Waals surface area contributed by atoms with Crippen molar-refractivity contribution in [3.63, 3.8) is 0 Å². The first-order chi connectivity index (χ1) is 19.1. The first kappa shape index (κ1) is 33.1. The number of ether oxygens (including phenoxy) is 4. The van der Waals surface area contributed by atoms with Gasteiger partial charge >= 0.3 is 24.2 Å². The van der Waals surface area contributed by atoms with Gasteiger partial charge in [0.2, 0.25) is 0 Å². The Labute approximate surface area is 240 Å². The molecule has 0 aliphatic carbocycles. The Kier molecular flexibility index (Phi) is 11.7. The zero-order valence-electron chi connectivity index (χ0n) is 24.4. The lowest BCUT2D eigenvalue weighted by Gasteiger charge is -2.36. The van der Waals surface area contributed by atoms with Crippen molar-refractivity contribution in [2.75, 3.05) is 6.54 Å². The average Bonchev–Trinajstić information content (AvgIpc) is 2.87. The van der Waals surface area contributed by atoms with Gasteiger partial charge in [0.1, 0.15) is 24.4 Å². The van der Waals surface area contributed by atoms with Crippen LogP contribution in [0.2, 0.25) is 0 Å². The highest BCUT2D eigenvalue weighted by atomic mass is 19.1. The number of alkyl halides is 1. The fourth-order valence-electron chi connectivity index (χ4n) is 3.41. The summed E-state index contributed by atoms with van der Waals surface area (Å²) >= 11 is 0. The topological polar surface area (TPSA) is 120 Å². The molecule has 0 saturated carbocycles. The quantitative estimate of drug-likeness (QED) is 0.152. The monoisotopic (exact) mass is 574 g/mol. The number of esters is 1. The van der Waals surface area contributed by atoms with Crippen LogP contribution < -0.4 is 5.32 Å². The number of nitrogens with one attached hydrogen (secondary N) is 1. The second-order valence-corrected chi connectivity index (χ2v) is 11.2. The maximum absolute atomic E-state index is 16.8. The molecule has 0 aliphatic rings. The molecule has 0 spiro atoms. The molecule has 0 fully saturated rings. The van der Waals surface area contributed by atoms with Crippen molar-refractivity contribution < 1.29 is 42.5 Å². The van der Waals surface area contributed by atoms with Gasteiger partial charge in [0.25, 0.3) is 5.79 Å². The second kappa shape index (κ2) is 14.5. The summed E-state index contributed by atoms with van der Waals surface area (Å²) in [7, 11) is 0. The maximum atomic E-state index is 16.8. The Hall–Kier alpha value is -4.15. The number of alkyl carbamates (subject to hydrolysis) is 1. The number of imide groups is 1. The van der Waals surface area contributed by atoms with Gasteiger partial charge in [-0.1, -0.05) is 60.7 Å². The highest BCUT2D eigenvalue weighted by Crippen LogP contribution is 2.30. The van der Waals surface area contributed by atoms with E-state index in [0.717, 1.165) is 5.56 Å². The van der Waals surface area contributed by atoms with Crippen molar-refractivity contribution >= 4 is 24.2 Å². The van der Waals surface area contributed by atoms with Crippen molar-refractivity contribution in [3.05, 3.63) is 71.8 Å². The van der Waals surface area contributed by atoms with Gasteiger partial charge in [0.05, 0.1) is 0 Å². The molecule has 3 amide bonds. The van der Waals surface area contributed by atoms with Crippen LogP contribution in [-0.2, 0) is 37.0 Å². The van der Waals surface area contributed by atoms with Crippen LogP contribution in [0.3, 0.4) is 0 Å². The van der Waals surface area contributed by atoms with Crippen LogP contribution in [0, 0.1) is 0 Å². The van der Waals surface area contributed by atoms with E-state index in [1.54, 1.807) is 54.6 Å². The highest BCUT2D eigenvalue weighted by molar-refractivity contribution is 5.95. The largest absolute Gasteiger partial charge is 0.457 e. The number of hydrogen-bond acceptors (Lipinski definition) is 8. The summed E-state index contributed by atoms with van der Waals surface area (Å²) in [5.41, 5.74) is -0.920. The van der Waals surface area contributed by atoms with E-state index in [1.165, 1.54) is 41.5 Å². The van der Waals surface area contributed by atoms with Crippen LogP contribution in [-0.4, -0.2) is 52.7 Å². The second-order valence-electron chi connectivity index (χ2n) is 11.2. The molecule has 11 heteroatoms. The Balaban J connectivity index is 2.23. The molecule has 1 atom stereocenters. The molecule has 41 heavy (non-hydrogen) atoms. The normalized spacial score (nSPS) is 12.9. The lowest BCUT2D eigenvalue weighted by molar-refractivity contribution is -0.173. The van der Waals surface area contributed by atoms with E-state index in [0.29, 0.717) is 5.56 Å². The summed E-state index contributed by atoms with van der Waals surface area (Å²) in [5, 5.41) is 2.47. The van der Waals surface area contributed by atoms with Gasteiger partial charge in [-0.25, -0.2) is 23.6 Å². The number of rotatable bonds is 10. The number of benzene rings is 2. The molecule has 2 aromatic carbocycles. The summed E-state index contributed by atoms with van der Waals surface area (Å²) in [6, 6.07) is 17.5. The number of amides is 3. The molecule has 0 radical (unpaired) electrons. The fraction of sp³-hybridized carbons (Fsp3) is 0.467. The minimum absolute atomic E-state index is 0.00451. The van der Waals surface area contributed by atoms with Crippen LogP contribution in [0.4, 0.5) is 18.8 Å². The number of carbonyl (C=O) groups is 4. The van der Waals surface area contributed by atoms with E-state index in [4.69, 9.17) is 18.9 Å². The molecule has 0 bridgehead atoms. The van der Waals surface area contributed by atoms with Crippen LogP contribution >= 0.6 is 0 Å². The summed E-state index contributed by atoms with van der Waals surface area (Å²) in [4.78, 5) is 51.6. The van der Waals surface area contributed by atoms with Crippen LogP contribution in [0.15, 0.2) is 60.7 Å². The van der Waals surface area contributed by atoms with E-state index in [9.17, 15) is 19.2 Å². The minimum atomic E-state index is -3.32. The molecule has 1 N–H and O–H groups in total. The number of carbonyl (C=O) groups excluding carboxylic acids is 4. The van der Waals surface area contributed by atoms with Gasteiger partial charge in [-0.05, 0) is 59.1 Å². The third kappa shape index (κ3) is 11.5. The SMILES string of the molecule is CC(C)(C)OC(=O)N(C(=O)OC(C)(C)C)C(F)(CCCNC(=O)OCc1ccccc1)C(=O)OCc1ccccc1. The molecule has 2 aromatic rings. The average molecular weight is 575 g/mol. The Morgan fingerprint density at radius 3 is 1.61 bits per heavy atom. The van der Waals surface area contributed by atoms with Gasteiger partial charge in [-0.3, -0.25) is 0 Å². The van der Waals surface area contributed by atoms with Gasteiger partial charge in [0.15, 0.2) is 0 Å². The smallest absolute Gasteiger partial charge is 0.423 e. The van der Waals surface area contributed by atoms with Crippen LogP contribution in [0.5, 0.6) is 0 Å². The van der Waals surface area contributed by atoms with Gasteiger partial charge in [-0.2, -0.15) is 4.90 Å². The molecule has 0 saturated heterocycles. The van der Waals surface area contributed by atoms with Crippen LogP contribution in [0.25, 0.3) is 0 Å². The third-order valence-electron chi connectivity index (χ3n) is 5.20. The third-order valence-corrected chi connectivity index (χ3v) is 5.20. The van der Waals surface area contributed by atoms with Gasteiger partial charge in [0, 0.05) is 13.0 Å². The number of hydrogen-bond donors (Lipinski definition) is 1. The maximum Gasteiger partial charge on any atom is 0.423 e. The van der Waals surface area contributed by atoms with E-state index in [1.807, 2.05) is 6.07 Å². The van der Waals surface area contributed by atoms with Gasteiger partial charge < -0.3 is 24.3 Å². The van der Waals surface area contributed by atoms with Crippen molar-refractivity contribution in [1.82, 2.24) is 10.2 Å². The molecular weight excluding hydrogens is 535 g/mol. The molecular formula is C30H39FN2O8. The lowest BCUT2D eigenvalue weighted by Crippen LogP contribution is -2.59. The summed E-state index contributed by atoms with van der Waals surface area (Å²) in [5.74, 6) is -4.82. The standard InChI is InChI=1S/C30H39FN2O8/c1-28(2,3)40-26(36)33(27(37)41-29(4,5)6)30(31,24(34)38-20-22-14-9-7-10-15-22)18-13-19-32-25(35)39-21-23-16-11-8-12-17-23/h7-12,14-17H,13,18-21H2,1-6H3,(H,32,35). The Morgan fingerprint density at radius 2 is 1.17 bits per heavy atom. The van der Waals surface area contributed by atoms with Crippen molar-refractivity contribution in [3.8, 4) is 0 Å². The summed E-state index contributed by atoms with van der Waals surface area (Å²) in [6.45, 7) is 8.72. The molecule has 10 nitrogen and oxygen atoms in total. The molecule has 0 aromatic heterocycles. The predicted octanol–water partition coefficient (Wildman–Crippen LogP) is 6.27. The lowest BCUT2D eigenvalue weighted by atomic mass is 10.1. The highest BCUT2D eigenvalue weighted by Gasteiger charge is 2.54. The van der Waals surface area contributed by atoms with Crippen LogP contribution in [0.1, 0.15) is 65.5 Å². The van der Waals surface area contributed by atoms with E-state index >= 15 is 4.39 Å². The zero-order chi connectivity index (χ0) is 30.7. The number of halogens is 1. The van der Waals surface area contributed by atoms with E-state index in [-0.39, 0.29) is 31.1 Å². The molecule has 1 unspecified atom stereocenters. The van der Waals surface area contributed by atoms with E-state index in [2.05, 4.69) is 5.32 Å². The van der Waals surface area contributed by atoms with E-state index < -0.39 is 47.7 Å². The Bertz CT molecular complexity index is 1130. The summed E-state index contributed by atoms with van der Waals surface area (Å²) in [6.07, 6.45) is -4.53. The fourth-order valence-corrected chi connectivity index (χ4v) is 3.41. The molecule has 224 valence electrons. The predicted molar refractivity (Wildman–Crippen MR) is 148 cm³/mol.